The molecule has 3 amide bonds. The van der Waals surface area contributed by atoms with E-state index in [1.54, 1.807) is 116 Å². The molecule has 0 aliphatic carbocycles. The van der Waals surface area contributed by atoms with E-state index in [9.17, 15) is 34.6 Å². The van der Waals surface area contributed by atoms with Gasteiger partial charge < -0.3 is 27.3 Å². The number of aromatic nitrogens is 3. The van der Waals surface area contributed by atoms with Crippen molar-refractivity contribution >= 4 is 94.0 Å². The fraction of sp³-hybridized carbons (Fsp3) is 0. The van der Waals surface area contributed by atoms with Crippen LogP contribution in [0.15, 0.2) is 170 Å². The monoisotopic (exact) mass is 906 g/mol. The van der Waals surface area contributed by atoms with Crippen molar-refractivity contribution in [2.45, 2.75) is 0 Å². The van der Waals surface area contributed by atoms with E-state index < -0.39 is 36.8 Å². The first-order valence-corrected chi connectivity index (χ1v) is 21.6. The van der Waals surface area contributed by atoms with Crippen LogP contribution in [0.2, 0.25) is 0 Å². The summed E-state index contributed by atoms with van der Waals surface area (Å²) in [5.41, 5.74) is 2.84. The van der Waals surface area contributed by atoms with E-state index >= 15 is 0 Å². The molecule has 3 heterocycles. The summed E-state index contributed by atoms with van der Waals surface area (Å²) in [5, 5.41) is 32.6. The molecule has 326 valence electrons. The number of nitrogens with one attached hydrogen (secondary N) is 3. The first kappa shape index (κ1) is 43.0. The van der Waals surface area contributed by atoms with Gasteiger partial charge in [0.25, 0.3) is 29.1 Å². The van der Waals surface area contributed by atoms with E-state index in [1.165, 1.54) is 48.5 Å². The van der Waals surface area contributed by atoms with Crippen LogP contribution in [0.4, 0.5) is 28.4 Å². The summed E-state index contributed by atoms with van der Waals surface area (Å²) in [4.78, 5) is 74.9. The van der Waals surface area contributed by atoms with Crippen molar-refractivity contribution in [1.82, 2.24) is 15.0 Å². The predicted molar refractivity (Wildman–Crippen MR) is 249 cm³/mol. The largest absolute Gasteiger partial charge is 1.20 e. The van der Waals surface area contributed by atoms with E-state index in [2.05, 4.69) is 30.9 Å². The zero-order chi connectivity index (χ0) is 46.4. The van der Waals surface area contributed by atoms with Crippen LogP contribution < -0.4 is 27.3 Å². The van der Waals surface area contributed by atoms with Gasteiger partial charge in [-0.3, -0.25) is 49.6 Å². The number of non-ortho nitro benzene ring substituents is 2. The average molecular weight is 907 g/mol. The van der Waals surface area contributed by atoms with Gasteiger partial charge >= 0.3 is 15.1 Å². The Labute approximate surface area is 383 Å². The van der Waals surface area contributed by atoms with Crippen LogP contribution in [0.3, 0.4) is 0 Å². The summed E-state index contributed by atoms with van der Waals surface area (Å²) in [6.45, 7) is 0. The minimum absolute atomic E-state index is 0.156. The number of nitrogens with zero attached hydrogens (tertiary/aromatic N) is 5. The van der Waals surface area contributed by atoms with E-state index in [0.29, 0.717) is 55.3 Å². The molecular weight excluding hydrogens is 876 g/mol. The summed E-state index contributed by atoms with van der Waals surface area (Å²) in [6.07, 6.45) is 4.69. The number of carbonyl (C=O) groups excluding carboxylic acids is 3. The lowest BCUT2D eigenvalue weighted by Crippen LogP contribution is -2.37. The molecule has 6 aromatic carbocycles. The summed E-state index contributed by atoms with van der Waals surface area (Å²) in [6, 6.07) is 39.3. The van der Waals surface area contributed by atoms with E-state index in [4.69, 9.17) is 11.4 Å². The predicted octanol–water partition coefficient (Wildman–Crippen LogP) is 9.43. The number of anilines is 3. The summed E-state index contributed by atoms with van der Waals surface area (Å²) < 4.78 is 20.0. The summed E-state index contributed by atoms with van der Waals surface area (Å²) >= 11 is -3.54. The Kier molecular flexibility index (Phi) is 12.1. The van der Waals surface area contributed by atoms with Crippen molar-refractivity contribution in [1.29, 1.82) is 0 Å². The van der Waals surface area contributed by atoms with Gasteiger partial charge in [-0.05, 0) is 109 Å². The molecule has 0 atom stereocenters. The van der Waals surface area contributed by atoms with Crippen LogP contribution in [0, 0.1) is 20.2 Å². The molecule has 3 aromatic heterocycles. The molecule has 0 fully saturated rings. The number of hydrogen-bond donors (Lipinski definition) is 3. The Morgan fingerprint density at radius 1 is 0.418 bits per heavy atom. The maximum absolute atomic E-state index is 13.3. The highest BCUT2D eigenvalue weighted by Crippen LogP contribution is 2.36. The third kappa shape index (κ3) is 9.35. The lowest BCUT2D eigenvalue weighted by atomic mass is 10.1. The average Bonchev–Trinajstić information content (AvgIpc) is 3.36. The number of rotatable bonds is 14. The minimum Gasteiger partial charge on any atom is -0.576 e. The second-order valence-corrected chi connectivity index (χ2v) is 15.8. The van der Waals surface area contributed by atoms with Gasteiger partial charge in [0.05, 0.1) is 26.9 Å². The van der Waals surface area contributed by atoms with Gasteiger partial charge in [0, 0.05) is 75.7 Å². The number of nitro benzene ring substituents is 2. The fourth-order valence-corrected chi connectivity index (χ4v) is 8.41. The van der Waals surface area contributed by atoms with Crippen molar-refractivity contribution < 1.29 is 35.6 Å². The third-order valence-corrected chi connectivity index (χ3v) is 11.7. The smallest absolute Gasteiger partial charge is 0.576 e. The van der Waals surface area contributed by atoms with Crippen LogP contribution in [0.5, 0.6) is 17.2 Å². The van der Waals surface area contributed by atoms with Gasteiger partial charge in [-0.1, -0.05) is 18.2 Å². The molecule has 9 aromatic rings. The molecule has 0 aliphatic heterocycles. The highest BCUT2D eigenvalue weighted by Gasteiger charge is 2.46. The van der Waals surface area contributed by atoms with Gasteiger partial charge in [0.15, 0.2) is 0 Å². The second kappa shape index (κ2) is 18.8. The van der Waals surface area contributed by atoms with Gasteiger partial charge in [-0.15, -0.1) is 0 Å². The SMILES string of the molecule is O=C(Nc1ccc([O][Al]([O]c2ccc(NC(=O)c3ccc([N+](=O)[O-])cc3)c3cccnc23)[O]c2ccc(NC(=O)c3ccc([N+](=O)[O-])cc3)c3cccnc23)c2ncccc12)c1ccccc1. The van der Waals surface area contributed by atoms with Gasteiger partial charge in [-0.2, -0.15) is 0 Å². The molecule has 0 aliphatic rings. The highest BCUT2D eigenvalue weighted by atomic mass is 27.3. The molecule has 0 spiro atoms. The van der Waals surface area contributed by atoms with Crippen LogP contribution in [-0.4, -0.2) is 57.7 Å². The Hall–Kier alpha value is -9.31. The van der Waals surface area contributed by atoms with Crippen LogP contribution in [-0.2, 0) is 0 Å². The van der Waals surface area contributed by atoms with Crippen molar-refractivity contribution in [3.63, 3.8) is 0 Å². The molecule has 67 heavy (non-hydrogen) atoms. The lowest BCUT2D eigenvalue weighted by Gasteiger charge is -2.20. The molecule has 0 unspecified atom stereocenters. The van der Waals surface area contributed by atoms with Gasteiger partial charge in [-0.25, -0.2) is 0 Å². The third-order valence-electron chi connectivity index (χ3n) is 10.3. The Morgan fingerprint density at radius 3 is 1.07 bits per heavy atom. The van der Waals surface area contributed by atoms with Crippen LogP contribution in [0.25, 0.3) is 32.7 Å². The number of benzene rings is 6. The first-order chi connectivity index (χ1) is 32.6. The van der Waals surface area contributed by atoms with Gasteiger partial charge in [0.1, 0.15) is 33.8 Å². The molecule has 0 saturated heterocycles. The number of amides is 3. The molecule has 0 radical (unpaired) electrons. The van der Waals surface area contributed by atoms with Crippen LogP contribution >= 0.6 is 0 Å². The number of nitro groups is 2. The second-order valence-electron chi connectivity index (χ2n) is 14.5. The normalized spacial score (nSPS) is 10.8. The van der Waals surface area contributed by atoms with Crippen molar-refractivity contribution in [2.75, 3.05) is 16.0 Å². The maximum atomic E-state index is 13.3. The summed E-state index contributed by atoms with van der Waals surface area (Å²) in [7, 11) is 0. The van der Waals surface area contributed by atoms with Crippen molar-refractivity contribution in [3.05, 3.63) is 207 Å². The fourth-order valence-electron chi connectivity index (χ4n) is 7.08. The Bertz CT molecular complexity index is 3240. The standard InChI is InChI=1S/2C16H11N3O4.C16H12N2O2.Al/c2*20-14-8-7-13(12-2-1-9-17-15(12)14)18-16(21)10-3-5-11(6-4-10)19(22)23;19-14-9-8-13(12-7-4-10-17-15(12)14)18-16(20)11-5-2-1-3-6-11;/h2*1-9,20H,(H,18,21);1-10,19H,(H,18,20);/q;;;+3/p-3. The molecule has 0 saturated carbocycles. The van der Waals surface area contributed by atoms with Gasteiger partial charge in [0.2, 0.25) is 0 Å². The van der Waals surface area contributed by atoms with E-state index in [1.807, 2.05) is 6.07 Å². The van der Waals surface area contributed by atoms with E-state index in [-0.39, 0.29) is 45.7 Å². The first-order valence-electron chi connectivity index (χ1n) is 20.2. The van der Waals surface area contributed by atoms with Crippen LogP contribution in [0.1, 0.15) is 31.1 Å². The minimum atomic E-state index is -3.54. The molecule has 19 heteroatoms. The number of pyridine rings is 3. The van der Waals surface area contributed by atoms with Crippen molar-refractivity contribution in [3.8, 4) is 17.2 Å². The Balaban J connectivity index is 1.06. The maximum Gasteiger partial charge on any atom is 1.20 e. The Morgan fingerprint density at radius 2 is 0.746 bits per heavy atom. The topological polar surface area (TPSA) is 240 Å². The molecular formula is C48H31AlN8O10. The highest BCUT2D eigenvalue weighted by molar-refractivity contribution is 6.40. The quantitative estimate of drug-likeness (QED) is 0.0524. The molecule has 9 rings (SSSR count). The zero-order valence-electron chi connectivity index (χ0n) is 34.6. The zero-order valence-corrected chi connectivity index (χ0v) is 35.7. The number of carbonyl (C=O) groups is 3. The molecule has 3 N–H and O–H groups in total. The number of fused-ring (bicyclic) bond motifs is 3. The lowest BCUT2D eigenvalue weighted by molar-refractivity contribution is -0.385. The number of hydrogen-bond acceptors (Lipinski definition) is 13. The molecule has 18 nitrogen and oxygen atoms in total. The molecule has 0 bridgehead atoms. The van der Waals surface area contributed by atoms with E-state index in [0.717, 1.165) is 0 Å². The van der Waals surface area contributed by atoms with Crippen molar-refractivity contribution in [2.24, 2.45) is 0 Å². The summed E-state index contributed by atoms with van der Waals surface area (Å²) in [5.74, 6) is -0.623.